The van der Waals surface area contributed by atoms with E-state index in [0.717, 1.165) is 22.6 Å². The van der Waals surface area contributed by atoms with Gasteiger partial charge in [0, 0.05) is 16.8 Å². The van der Waals surface area contributed by atoms with E-state index in [0.29, 0.717) is 30.2 Å². The summed E-state index contributed by atoms with van der Waals surface area (Å²) in [4.78, 5) is 28.0. The molecule has 2 aromatic rings. The number of benzene rings is 1. The minimum Gasteiger partial charge on any atom is -0.490 e. The standard InChI is InChI=1S/C23H32N2O4/c1-8-28-19-11-10-18(12-20(19)29-9-2)14(4)24-16(6)23(27)22-13(3)21(17(7)26)15(5)25-22/h10-12,14,16,24-25H,8-9H2,1-7H3/p+1/t14-,16+/m0/s1. The third-order valence-corrected chi connectivity index (χ3v) is 5.12. The SMILES string of the molecule is CCOc1ccc([C@H](C)[NH2+][C@H](C)C(=O)c2[nH]c(C)c(C(C)=O)c2C)cc1OCC. The second-order valence-electron chi connectivity index (χ2n) is 7.39. The van der Waals surface area contributed by atoms with Crippen LogP contribution in [0, 0.1) is 13.8 Å². The second kappa shape index (κ2) is 9.74. The largest absolute Gasteiger partial charge is 0.490 e. The van der Waals surface area contributed by atoms with Gasteiger partial charge in [-0.3, -0.25) is 9.59 Å². The molecule has 0 spiro atoms. The predicted molar refractivity (Wildman–Crippen MR) is 113 cm³/mol. The van der Waals surface area contributed by atoms with Crippen molar-refractivity contribution >= 4 is 11.6 Å². The van der Waals surface area contributed by atoms with Crippen molar-refractivity contribution in [3.63, 3.8) is 0 Å². The van der Waals surface area contributed by atoms with Crippen LogP contribution in [-0.2, 0) is 0 Å². The monoisotopic (exact) mass is 401 g/mol. The number of aromatic nitrogens is 1. The summed E-state index contributed by atoms with van der Waals surface area (Å²) in [6.45, 7) is 14.1. The first kappa shape index (κ1) is 22.7. The highest BCUT2D eigenvalue weighted by Crippen LogP contribution is 2.30. The zero-order valence-corrected chi connectivity index (χ0v) is 18.5. The smallest absolute Gasteiger partial charge is 0.235 e. The van der Waals surface area contributed by atoms with E-state index < -0.39 is 0 Å². The molecule has 0 unspecified atom stereocenters. The first-order valence-electron chi connectivity index (χ1n) is 10.2. The van der Waals surface area contributed by atoms with Crippen molar-refractivity contribution in [3.05, 3.63) is 46.3 Å². The molecule has 6 nitrogen and oxygen atoms in total. The summed E-state index contributed by atoms with van der Waals surface area (Å²) in [7, 11) is 0. The maximum Gasteiger partial charge on any atom is 0.235 e. The maximum absolute atomic E-state index is 13.0. The molecule has 0 saturated carbocycles. The number of hydrogen-bond acceptors (Lipinski definition) is 4. The molecule has 0 bridgehead atoms. The highest BCUT2D eigenvalue weighted by atomic mass is 16.5. The summed E-state index contributed by atoms with van der Waals surface area (Å²) in [6.07, 6.45) is 0. The van der Waals surface area contributed by atoms with E-state index in [9.17, 15) is 9.59 Å². The molecule has 0 fully saturated rings. The summed E-state index contributed by atoms with van der Waals surface area (Å²) in [5.74, 6) is 1.40. The summed E-state index contributed by atoms with van der Waals surface area (Å²) in [6, 6.07) is 5.64. The van der Waals surface area contributed by atoms with Crippen molar-refractivity contribution < 1.29 is 24.4 Å². The Hall–Kier alpha value is -2.60. The van der Waals surface area contributed by atoms with Gasteiger partial charge in [0.05, 0.1) is 18.9 Å². The van der Waals surface area contributed by atoms with Crippen LogP contribution in [0.3, 0.4) is 0 Å². The Labute approximate surface area is 173 Å². The Morgan fingerprint density at radius 1 is 1.07 bits per heavy atom. The zero-order valence-electron chi connectivity index (χ0n) is 18.5. The second-order valence-corrected chi connectivity index (χ2v) is 7.39. The van der Waals surface area contributed by atoms with Crippen LogP contribution < -0.4 is 14.8 Å². The number of quaternary nitrogens is 1. The zero-order chi connectivity index (χ0) is 21.7. The number of aromatic amines is 1. The highest BCUT2D eigenvalue weighted by Gasteiger charge is 2.27. The van der Waals surface area contributed by atoms with Crippen LogP contribution in [0.1, 0.15) is 78.3 Å². The van der Waals surface area contributed by atoms with Crippen molar-refractivity contribution in [1.29, 1.82) is 0 Å². The lowest BCUT2D eigenvalue weighted by atomic mass is 10.0. The molecule has 6 heteroatoms. The fourth-order valence-corrected chi connectivity index (χ4v) is 3.73. The molecule has 2 atom stereocenters. The molecule has 0 saturated heterocycles. The average Bonchev–Trinajstić information content (AvgIpc) is 2.97. The van der Waals surface area contributed by atoms with Gasteiger partial charge in [-0.05, 0) is 72.2 Å². The van der Waals surface area contributed by atoms with Crippen molar-refractivity contribution in [2.45, 2.75) is 60.5 Å². The molecule has 2 rings (SSSR count). The van der Waals surface area contributed by atoms with Crippen LogP contribution in [0.4, 0.5) is 0 Å². The van der Waals surface area contributed by atoms with Crippen molar-refractivity contribution in [3.8, 4) is 11.5 Å². The Morgan fingerprint density at radius 2 is 1.69 bits per heavy atom. The van der Waals surface area contributed by atoms with Crippen LogP contribution in [0.5, 0.6) is 11.5 Å². The van der Waals surface area contributed by atoms with E-state index in [1.54, 1.807) is 0 Å². The van der Waals surface area contributed by atoms with Gasteiger partial charge in [-0.2, -0.15) is 0 Å². The number of Topliss-reactive ketones (excluding diaryl/α,β-unsaturated/α-hetero) is 2. The van der Waals surface area contributed by atoms with E-state index >= 15 is 0 Å². The van der Waals surface area contributed by atoms with Crippen LogP contribution in [-0.4, -0.2) is 35.8 Å². The van der Waals surface area contributed by atoms with Gasteiger partial charge in [-0.15, -0.1) is 0 Å². The number of nitrogens with two attached hydrogens (primary N) is 1. The number of carbonyl (C=O) groups excluding carboxylic acids is 2. The van der Waals surface area contributed by atoms with Crippen molar-refractivity contribution in [1.82, 2.24) is 4.98 Å². The van der Waals surface area contributed by atoms with Crippen molar-refractivity contribution in [2.24, 2.45) is 0 Å². The molecule has 0 aliphatic heterocycles. The average molecular weight is 402 g/mol. The van der Waals surface area contributed by atoms with Gasteiger partial charge in [0.2, 0.25) is 5.78 Å². The summed E-state index contributed by atoms with van der Waals surface area (Å²) < 4.78 is 11.3. The number of ketones is 2. The molecule has 1 aromatic carbocycles. The molecular formula is C23H33N2O4+. The number of H-pyrrole nitrogens is 1. The molecule has 0 amide bonds. The van der Waals surface area contributed by atoms with Crippen LogP contribution >= 0.6 is 0 Å². The molecular weight excluding hydrogens is 368 g/mol. The van der Waals surface area contributed by atoms with Gasteiger partial charge in [0.15, 0.2) is 17.3 Å². The number of ether oxygens (including phenoxy) is 2. The lowest BCUT2D eigenvalue weighted by molar-refractivity contribution is -0.709. The number of rotatable bonds is 10. The van der Waals surface area contributed by atoms with Crippen LogP contribution in [0.15, 0.2) is 18.2 Å². The quantitative estimate of drug-likeness (QED) is 0.597. The van der Waals surface area contributed by atoms with Crippen LogP contribution in [0.2, 0.25) is 0 Å². The maximum atomic E-state index is 13.0. The van der Waals surface area contributed by atoms with Gasteiger partial charge >= 0.3 is 0 Å². The number of aryl methyl sites for hydroxylation is 1. The number of nitrogens with one attached hydrogen (secondary N) is 1. The Morgan fingerprint density at radius 3 is 2.24 bits per heavy atom. The predicted octanol–water partition coefficient (Wildman–Crippen LogP) is 3.53. The van der Waals surface area contributed by atoms with E-state index in [4.69, 9.17) is 9.47 Å². The third-order valence-electron chi connectivity index (χ3n) is 5.12. The Bertz CT molecular complexity index is 885. The molecule has 0 aliphatic carbocycles. The highest BCUT2D eigenvalue weighted by molar-refractivity contribution is 6.04. The van der Waals surface area contributed by atoms with Gasteiger partial charge in [-0.25, -0.2) is 0 Å². The summed E-state index contributed by atoms with van der Waals surface area (Å²) >= 11 is 0. The molecule has 158 valence electrons. The van der Waals surface area contributed by atoms with E-state index in [2.05, 4.69) is 11.9 Å². The molecule has 0 radical (unpaired) electrons. The Kier molecular flexibility index (Phi) is 7.62. The minimum atomic E-state index is -0.302. The third kappa shape index (κ3) is 5.07. The van der Waals surface area contributed by atoms with Gasteiger partial charge < -0.3 is 19.8 Å². The lowest BCUT2D eigenvalue weighted by Gasteiger charge is -2.18. The normalized spacial score (nSPS) is 13.1. The molecule has 3 N–H and O–H groups in total. The Balaban J connectivity index is 2.19. The first-order chi connectivity index (χ1) is 13.7. The van der Waals surface area contributed by atoms with Gasteiger partial charge in [0.1, 0.15) is 12.1 Å². The first-order valence-corrected chi connectivity index (χ1v) is 10.2. The topological polar surface area (TPSA) is 85.0 Å². The summed E-state index contributed by atoms with van der Waals surface area (Å²) in [5.41, 5.74) is 3.66. The van der Waals surface area contributed by atoms with Gasteiger partial charge in [0.25, 0.3) is 0 Å². The van der Waals surface area contributed by atoms with E-state index in [1.807, 2.05) is 58.1 Å². The lowest BCUT2D eigenvalue weighted by Crippen LogP contribution is -2.91. The molecule has 0 aliphatic rings. The van der Waals surface area contributed by atoms with E-state index in [-0.39, 0.29) is 23.7 Å². The number of carbonyl (C=O) groups is 2. The van der Waals surface area contributed by atoms with Crippen molar-refractivity contribution in [2.75, 3.05) is 13.2 Å². The number of hydrogen-bond donors (Lipinski definition) is 2. The van der Waals surface area contributed by atoms with Gasteiger partial charge in [-0.1, -0.05) is 0 Å². The molecule has 1 aromatic heterocycles. The summed E-state index contributed by atoms with van der Waals surface area (Å²) in [5, 5.41) is 2.02. The fraction of sp³-hybridized carbons (Fsp3) is 0.478. The fourth-order valence-electron chi connectivity index (χ4n) is 3.73. The van der Waals surface area contributed by atoms with Crippen LogP contribution in [0.25, 0.3) is 0 Å². The molecule has 1 heterocycles. The van der Waals surface area contributed by atoms with E-state index in [1.165, 1.54) is 6.92 Å². The molecule has 29 heavy (non-hydrogen) atoms. The minimum absolute atomic E-state index is 0.0130.